The standard InChI is InChI=1S/C10H24N4/c1-12-5-6-13(2)8-10-14(4-3-11)9-7-12/h3-11H2,1-2H3/i/hT2. The van der Waals surface area contributed by atoms with Gasteiger partial charge in [0, 0.05) is 52.4 Å². The lowest BCUT2D eigenvalue weighted by Gasteiger charge is -2.23. The summed E-state index contributed by atoms with van der Waals surface area (Å²) >= 11 is 0. The lowest BCUT2D eigenvalue weighted by molar-refractivity contribution is 0.240. The number of hydrogen-bond acceptors (Lipinski definition) is 4. The van der Waals surface area contributed by atoms with Crippen molar-refractivity contribution in [1.82, 2.24) is 14.7 Å². The summed E-state index contributed by atoms with van der Waals surface area (Å²) < 4.78 is 14.1. The van der Waals surface area contributed by atoms with E-state index in [1.807, 2.05) is 0 Å². The van der Waals surface area contributed by atoms with Crippen molar-refractivity contribution in [2.75, 3.05) is 66.5 Å². The average molecular weight is 204 g/mol. The zero-order chi connectivity index (χ0) is 12.0. The fraction of sp³-hybridized carbons (Fsp3) is 1.00. The maximum atomic E-state index is 7.07. The van der Waals surface area contributed by atoms with E-state index in [1.54, 1.807) is 0 Å². The predicted molar refractivity (Wildman–Crippen MR) is 60.5 cm³/mol. The summed E-state index contributed by atoms with van der Waals surface area (Å²) in [6, 6.07) is 0. The van der Waals surface area contributed by atoms with Gasteiger partial charge in [0.15, 0.2) is 0 Å². The highest BCUT2D eigenvalue weighted by molar-refractivity contribution is 4.67. The predicted octanol–water partition coefficient (Wildman–Crippen LogP) is -0.876. The molecule has 0 aliphatic carbocycles. The third-order valence-electron chi connectivity index (χ3n) is 2.88. The van der Waals surface area contributed by atoms with Crippen LogP contribution in [0.2, 0.25) is 2.82 Å². The minimum atomic E-state index is 0.493. The van der Waals surface area contributed by atoms with Crippen LogP contribution in [0.3, 0.4) is 0 Å². The first kappa shape index (κ1) is 9.09. The molecule has 0 radical (unpaired) electrons. The van der Waals surface area contributed by atoms with Crippen molar-refractivity contribution in [2.24, 2.45) is 5.72 Å². The quantitative estimate of drug-likeness (QED) is 0.648. The maximum absolute atomic E-state index is 7.07. The first-order chi connectivity index (χ1) is 7.58. The van der Waals surface area contributed by atoms with Crippen LogP contribution in [0.1, 0.15) is 0 Å². The highest BCUT2D eigenvalue weighted by Crippen LogP contribution is 1.96. The Morgan fingerprint density at radius 2 is 1.50 bits per heavy atom. The molecule has 1 aliphatic heterocycles. The van der Waals surface area contributed by atoms with Gasteiger partial charge in [-0.3, -0.25) is 4.90 Å². The Labute approximate surface area is 90.6 Å². The molecule has 4 nitrogen and oxygen atoms in total. The molecule has 0 aromatic heterocycles. The van der Waals surface area contributed by atoms with Crippen LogP contribution in [0.4, 0.5) is 0 Å². The van der Waals surface area contributed by atoms with E-state index in [1.165, 1.54) is 0 Å². The summed E-state index contributed by atoms with van der Waals surface area (Å²) in [5, 5.41) is 0. The van der Waals surface area contributed by atoms with E-state index < -0.39 is 0 Å². The number of nitrogens with two attached hydrogens (primary N) is 1. The van der Waals surface area contributed by atoms with Gasteiger partial charge in [-0.25, -0.2) is 0 Å². The van der Waals surface area contributed by atoms with Gasteiger partial charge in [0.05, 0.1) is 0 Å². The molecule has 84 valence electrons. The fourth-order valence-corrected chi connectivity index (χ4v) is 1.67. The van der Waals surface area contributed by atoms with E-state index in [2.05, 4.69) is 28.8 Å². The Balaban J connectivity index is 2.36. The summed E-state index contributed by atoms with van der Waals surface area (Å²) in [5.41, 5.74) is 0.764. The normalized spacial score (nSPS) is 26.5. The van der Waals surface area contributed by atoms with Gasteiger partial charge in [-0.2, -0.15) is 0 Å². The molecule has 0 spiro atoms. The zero-order valence-electron chi connectivity index (χ0n) is 11.4. The molecule has 2 N–H and O–H groups in total. The number of likely N-dealkylation sites (N-methyl/N-ethyl adjacent to an activating group) is 2. The Morgan fingerprint density at radius 3 is 2.00 bits per heavy atom. The van der Waals surface area contributed by atoms with Gasteiger partial charge in [0.1, 0.15) is 2.82 Å². The maximum Gasteiger partial charge on any atom is 0.118 e. The summed E-state index contributed by atoms with van der Waals surface area (Å²) in [4.78, 5) is 7.02. The second-order valence-corrected chi connectivity index (χ2v) is 4.17. The largest absolute Gasteiger partial charge is 0.329 e. The summed E-state index contributed by atoms with van der Waals surface area (Å²) in [6.07, 6.45) is 0. The third-order valence-corrected chi connectivity index (χ3v) is 2.88. The number of nitrogens with zero attached hydrogens (tertiary/aromatic N) is 3. The summed E-state index contributed by atoms with van der Waals surface area (Å²) in [5.74, 6) is 0. The Hall–Kier alpha value is -0.160. The highest BCUT2D eigenvalue weighted by atomic mass is 15.2. The van der Waals surface area contributed by atoms with Crippen molar-refractivity contribution in [3.8, 4) is 0 Å². The molecule has 1 fully saturated rings. The highest BCUT2D eigenvalue weighted by Gasteiger charge is 2.10. The van der Waals surface area contributed by atoms with E-state index in [0.717, 1.165) is 51.5 Å². The first-order valence-corrected chi connectivity index (χ1v) is 5.42. The Kier molecular flexibility index (Phi) is 4.12. The summed E-state index contributed by atoms with van der Waals surface area (Å²) in [6.45, 7) is 7.77. The van der Waals surface area contributed by atoms with Crippen LogP contribution in [0.25, 0.3) is 0 Å². The minimum absolute atomic E-state index is 0.493. The molecular formula is C10H24N4. The first-order valence-electron chi connectivity index (χ1n) is 6.32. The third kappa shape index (κ3) is 4.37. The van der Waals surface area contributed by atoms with Gasteiger partial charge in [-0.15, -0.1) is 0 Å². The van der Waals surface area contributed by atoms with Crippen LogP contribution < -0.4 is 5.72 Å². The van der Waals surface area contributed by atoms with E-state index >= 15 is 0 Å². The van der Waals surface area contributed by atoms with Gasteiger partial charge in [0.2, 0.25) is 0 Å². The lowest BCUT2D eigenvalue weighted by atomic mass is 10.4. The van der Waals surface area contributed by atoms with Crippen molar-refractivity contribution in [3.63, 3.8) is 0 Å². The van der Waals surface area contributed by atoms with Gasteiger partial charge in [-0.05, 0) is 14.1 Å². The molecule has 0 saturated carbocycles. The zero-order valence-corrected chi connectivity index (χ0v) is 9.45. The molecule has 1 aliphatic rings. The topological polar surface area (TPSA) is 35.7 Å². The van der Waals surface area contributed by atoms with Crippen LogP contribution in [0.15, 0.2) is 0 Å². The van der Waals surface area contributed by atoms with E-state index in [4.69, 9.17) is 2.82 Å². The SMILES string of the molecule is [3H]N([3H])CCN1CCN(C)CCN(C)CC1. The van der Waals surface area contributed by atoms with Crippen molar-refractivity contribution >= 4 is 0 Å². The van der Waals surface area contributed by atoms with Crippen LogP contribution in [-0.4, -0.2) is 81.2 Å². The molecule has 0 aromatic rings. The van der Waals surface area contributed by atoms with Crippen molar-refractivity contribution in [1.29, 1.82) is 0 Å². The van der Waals surface area contributed by atoms with Crippen LogP contribution >= 0.6 is 0 Å². The second-order valence-electron chi connectivity index (χ2n) is 4.17. The molecule has 0 aromatic carbocycles. The molecule has 1 rings (SSSR count). The van der Waals surface area contributed by atoms with Crippen LogP contribution in [0.5, 0.6) is 0 Å². The number of hydrogen-bond donors (Lipinski definition) is 1. The van der Waals surface area contributed by atoms with Gasteiger partial charge in [-0.1, -0.05) is 0 Å². The molecule has 0 unspecified atom stereocenters. The molecule has 1 saturated heterocycles. The van der Waals surface area contributed by atoms with Crippen LogP contribution in [0, 0.1) is 0 Å². The molecule has 1 heterocycles. The Morgan fingerprint density at radius 1 is 1.00 bits per heavy atom. The lowest BCUT2D eigenvalue weighted by Crippen LogP contribution is -2.37. The molecule has 0 atom stereocenters. The van der Waals surface area contributed by atoms with Gasteiger partial charge >= 0.3 is 0 Å². The summed E-state index contributed by atoms with van der Waals surface area (Å²) in [7, 11) is 4.30. The second kappa shape index (κ2) is 6.35. The monoisotopic (exact) mass is 204 g/mol. The smallest absolute Gasteiger partial charge is 0.118 e. The van der Waals surface area contributed by atoms with E-state index in [0.29, 0.717) is 6.54 Å². The Bertz CT molecular complexity index is 178. The van der Waals surface area contributed by atoms with Crippen LogP contribution in [-0.2, 0) is 0 Å². The van der Waals surface area contributed by atoms with Crippen molar-refractivity contribution in [2.45, 2.75) is 0 Å². The van der Waals surface area contributed by atoms with E-state index in [-0.39, 0.29) is 0 Å². The molecule has 0 bridgehead atoms. The van der Waals surface area contributed by atoms with Gasteiger partial charge < -0.3 is 15.5 Å². The molecule has 14 heavy (non-hydrogen) atoms. The fourth-order valence-electron chi connectivity index (χ4n) is 1.67. The molecule has 0 amide bonds. The average Bonchev–Trinajstić information content (AvgIpc) is 2.30. The molecule has 4 heteroatoms. The van der Waals surface area contributed by atoms with Crippen molar-refractivity contribution < 1.29 is 2.82 Å². The number of rotatable bonds is 3. The van der Waals surface area contributed by atoms with E-state index in [9.17, 15) is 0 Å². The van der Waals surface area contributed by atoms with Crippen molar-refractivity contribution in [3.05, 3.63) is 0 Å². The van der Waals surface area contributed by atoms with Gasteiger partial charge in [0.25, 0.3) is 0 Å². The minimum Gasteiger partial charge on any atom is -0.329 e. The molecular weight excluding hydrogens is 176 g/mol.